The van der Waals surface area contributed by atoms with Crippen molar-refractivity contribution in [1.29, 1.82) is 5.26 Å². The van der Waals surface area contributed by atoms with Crippen LogP contribution in [0.1, 0.15) is 6.92 Å². The molecule has 0 aliphatic carbocycles. The second kappa shape index (κ2) is 5.95. The molecule has 0 aromatic carbocycles. The van der Waals surface area contributed by atoms with Crippen molar-refractivity contribution in [2.45, 2.75) is 12.5 Å². The molecular formula is C8H16N2O2. The maximum absolute atomic E-state index is 8.72. The first kappa shape index (κ1) is 11.4. The fraction of sp³-hybridized carbons (Fsp3) is 0.875. The van der Waals surface area contributed by atoms with Crippen molar-refractivity contribution < 1.29 is 9.47 Å². The zero-order valence-electron chi connectivity index (χ0n) is 7.89. The minimum absolute atomic E-state index is 0.378. The molecule has 0 radical (unpaired) electrons. The third kappa shape index (κ3) is 4.29. The van der Waals surface area contributed by atoms with E-state index >= 15 is 0 Å². The Morgan fingerprint density at radius 3 is 2.58 bits per heavy atom. The third-order valence-electron chi connectivity index (χ3n) is 1.62. The van der Waals surface area contributed by atoms with Crippen LogP contribution in [0.15, 0.2) is 0 Å². The SMILES string of the molecule is CNC(C)(C#N)COCCOC. The average molecular weight is 172 g/mol. The van der Waals surface area contributed by atoms with Crippen LogP contribution in [0.2, 0.25) is 0 Å². The van der Waals surface area contributed by atoms with E-state index in [1.165, 1.54) is 0 Å². The molecule has 70 valence electrons. The van der Waals surface area contributed by atoms with Crippen LogP contribution in [-0.2, 0) is 9.47 Å². The lowest BCUT2D eigenvalue weighted by Gasteiger charge is -2.20. The van der Waals surface area contributed by atoms with E-state index in [1.54, 1.807) is 21.1 Å². The molecule has 0 aliphatic rings. The van der Waals surface area contributed by atoms with Gasteiger partial charge in [0.05, 0.1) is 25.9 Å². The molecule has 0 spiro atoms. The van der Waals surface area contributed by atoms with Gasteiger partial charge in [-0.15, -0.1) is 0 Å². The minimum atomic E-state index is -0.590. The summed E-state index contributed by atoms with van der Waals surface area (Å²) < 4.78 is 10.0. The standard InChI is InChI=1S/C8H16N2O2/c1-8(6-9,10-2)7-12-5-4-11-3/h10H,4-5,7H2,1-3H3. The van der Waals surface area contributed by atoms with Crippen molar-refractivity contribution >= 4 is 0 Å². The molecule has 12 heavy (non-hydrogen) atoms. The normalized spacial score (nSPS) is 15.2. The zero-order valence-corrected chi connectivity index (χ0v) is 7.89. The van der Waals surface area contributed by atoms with Crippen LogP contribution >= 0.6 is 0 Å². The lowest BCUT2D eigenvalue weighted by atomic mass is 10.1. The van der Waals surface area contributed by atoms with Crippen LogP contribution in [0.25, 0.3) is 0 Å². The molecule has 1 atom stereocenters. The largest absolute Gasteiger partial charge is 0.382 e. The van der Waals surface area contributed by atoms with Gasteiger partial charge in [0, 0.05) is 7.11 Å². The summed E-state index contributed by atoms with van der Waals surface area (Å²) in [6, 6.07) is 2.13. The van der Waals surface area contributed by atoms with Crippen molar-refractivity contribution in [2.24, 2.45) is 0 Å². The van der Waals surface area contributed by atoms with Crippen molar-refractivity contribution in [2.75, 3.05) is 34.0 Å². The molecular weight excluding hydrogens is 156 g/mol. The highest BCUT2D eigenvalue weighted by Crippen LogP contribution is 2.00. The highest BCUT2D eigenvalue weighted by atomic mass is 16.5. The summed E-state index contributed by atoms with van der Waals surface area (Å²) in [4.78, 5) is 0. The molecule has 0 heterocycles. The molecule has 0 saturated carbocycles. The van der Waals surface area contributed by atoms with Crippen molar-refractivity contribution in [3.05, 3.63) is 0 Å². The van der Waals surface area contributed by atoms with E-state index in [-0.39, 0.29) is 0 Å². The van der Waals surface area contributed by atoms with Gasteiger partial charge in [0.25, 0.3) is 0 Å². The molecule has 4 nitrogen and oxygen atoms in total. The minimum Gasteiger partial charge on any atom is -0.382 e. The van der Waals surface area contributed by atoms with Crippen LogP contribution in [-0.4, -0.2) is 39.5 Å². The second-order valence-corrected chi connectivity index (χ2v) is 2.74. The fourth-order valence-corrected chi connectivity index (χ4v) is 0.579. The molecule has 1 unspecified atom stereocenters. The van der Waals surface area contributed by atoms with Gasteiger partial charge in [-0.3, -0.25) is 0 Å². The molecule has 0 fully saturated rings. The summed E-state index contributed by atoms with van der Waals surface area (Å²) in [6.07, 6.45) is 0. The summed E-state index contributed by atoms with van der Waals surface area (Å²) in [5, 5.41) is 11.6. The van der Waals surface area contributed by atoms with Gasteiger partial charge in [-0.1, -0.05) is 0 Å². The van der Waals surface area contributed by atoms with Gasteiger partial charge in [-0.25, -0.2) is 0 Å². The Morgan fingerprint density at radius 1 is 1.50 bits per heavy atom. The van der Waals surface area contributed by atoms with Crippen molar-refractivity contribution in [1.82, 2.24) is 5.32 Å². The molecule has 0 amide bonds. The van der Waals surface area contributed by atoms with Gasteiger partial charge in [0.2, 0.25) is 0 Å². The number of methoxy groups -OCH3 is 1. The number of nitrogens with zero attached hydrogens (tertiary/aromatic N) is 1. The van der Waals surface area contributed by atoms with Crippen LogP contribution in [0.3, 0.4) is 0 Å². The smallest absolute Gasteiger partial charge is 0.127 e. The van der Waals surface area contributed by atoms with Gasteiger partial charge < -0.3 is 14.8 Å². The molecule has 0 aromatic heterocycles. The van der Waals surface area contributed by atoms with E-state index in [0.29, 0.717) is 19.8 Å². The van der Waals surface area contributed by atoms with E-state index < -0.39 is 5.54 Å². The number of nitrogens with one attached hydrogen (secondary N) is 1. The van der Waals surface area contributed by atoms with E-state index in [2.05, 4.69) is 11.4 Å². The quantitative estimate of drug-likeness (QED) is 0.579. The van der Waals surface area contributed by atoms with Gasteiger partial charge in [-0.05, 0) is 14.0 Å². The predicted molar refractivity (Wildman–Crippen MR) is 45.8 cm³/mol. The van der Waals surface area contributed by atoms with Crippen LogP contribution < -0.4 is 5.32 Å². The number of rotatable bonds is 6. The molecule has 0 rings (SSSR count). The highest BCUT2D eigenvalue weighted by molar-refractivity contribution is 5.02. The Kier molecular flexibility index (Phi) is 5.64. The van der Waals surface area contributed by atoms with E-state index in [0.717, 1.165) is 0 Å². The first-order valence-electron chi connectivity index (χ1n) is 3.85. The summed E-state index contributed by atoms with van der Waals surface area (Å²) in [6.45, 7) is 3.25. The summed E-state index contributed by atoms with van der Waals surface area (Å²) in [5.74, 6) is 0. The van der Waals surface area contributed by atoms with Crippen molar-refractivity contribution in [3.63, 3.8) is 0 Å². The van der Waals surface area contributed by atoms with E-state index in [9.17, 15) is 0 Å². The Labute approximate surface area is 73.5 Å². The average Bonchev–Trinajstić information content (AvgIpc) is 2.12. The molecule has 1 N–H and O–H groups in total. The summed E-state index contributed by atoms with van der Waals surface area (Å²) >= 11 is 0. The van der Waals surface area contributed by atoms with Gasteiger partial charge >= 0.3 is 0 Å². The lowest BCUT2D eigenvalue weighted by Crippen LogP contribution is -2.42. The third-order valence-corrected chi connectivity index (χ3v) is 1.62. The number of ether oxygens (including phenoxy) is 2. The van der Waals surface area contributed by atoms with Crippen LogP contribution in [0.4, 0.5) is 0 Å². The molecule has 0 aromatic rings. The Bertz CT molecular complexity index is 156. The monoisotopic (exact) mass is 172 g/mol. The topological polar surface area (TPSA) is 54.3 Å². The molecule has 0 saturated heterocycles. The molecule has 4 heteroatoms. The van der Waals surface area contributed by atoms with Gasteiger partial charge in [0.15, 0.2) is 0 Å². The maximum Gasteiger partial charge on any atom is 0.127 e. The second-order valence-electron chi connectivity index (χ2n) is 2.74. The zero-order chi connectivity index (χ0) is 9.45. The Morgan fingerprint density at radius 2 is 2.17 bits per heavy atom. The summed E-state index contributed by atoms with van der Waals surface area (Å²) in [5.41, 5.74) is -0.590. The lowest BCUT2D eigenvalue weighted by molar-refractivity contribution is 0.0510. The number of likely N-dealkylation sites (N-methyl/N-ethyl adjacent to an activating group) is 1. The highest BCUT2D eigenvalue weighted by Gasteiger charge is 2.20. The van der Waals surface area contributed by atoms with Crippen LogP contribution in [0, 0.1) is 11.3 Å². The first-order chi connectivity index (χ1) is 5.68. The number of hydrogen-bond acceptors (Lipinski definition) is 4. The first-order valence-corrected chi connectivity index (χ1v) is 3.85. The van der Waals surface area contributed by atoms with Crippen molar-refractivity contribution in [3.8, 4) is 6.07 Å². The Balaban J connectivity index is 3.54. The van der Waals surface area contributed by atoms with Crippen LogP contribution in [0.5, 0.6) is 0 Å². The van der Waals surface area contributed by atoms with Gasteiger partial charge in [-0.2, -0.15) is 5.26 Å². The maximum atomic E-state index is 8.72. The molecule has 0 aliphatic heterocycles. The fourth-order valence-electron chi connectivity index (χ4n) is 0.579. The molecule has 0 bridgehead atoms. The number of nitriles is 1. The Hall–Kier alpha value is -0.630. The summed E-state index contributed by atoms with van der Waals surface area (Å²) in [7, 11) is 3.35. The predicted octanol–water partition coefficient (Wildman–Crippen LogP) is 0.151. The number of hydrogen-bond donors (Lipinski definition) is 1. The van der Waals surface area contributed by atoms with E-state index in [4.69, 9.17) is 14.7 Å². The van der Waals surface area contributed by atoms with E-state index in [1.807, 2.05) is 0 Å². The van der Waals surface area contributed by atoms with Gasteiger partial charge in [0.1, 0.15) is 5.54 Å².